The van der Waals surface area contributed by atoms with Crippen molar-refractivity contribution in [2.24, 2.45) is 5.92 Å². The molecule has 0 aromatic carbocycles. The van der Waals surface area contributed by atoms with E-state index in [0.717, 1.165) is 35.8 Å². The maximum atomic E-state index is 12.6. The molecule has 0 fully saturated rings. The topological polar surface area (TPSA) is 33.2 Å². The van der Waals surface area contributed by atoms with Gasteiger partial charge in [-0.05, 0) is 48.9 Å². The van der Waals surface area contributed by atoms with Crippen LogP contribution in [0.15, 0.2) is 30.5 Å². The van der Waals surface area contributed by atoms with E-state index < -0.39 is 0 Å². The Morgan fingerprint density at radius 2 is 2.32 bits per heavy atom. The van der Waals surface area contributed by atoms with Crippen LogP contribution in [0.3, 0.4) is 0 Å². The van der Waals surface area contributed by atoms with Crippen LogP contribution in [0.1, 0.15) is 39.2 Å². The highest BCUT2D eigenvalue weighted by molar-refractivity contribution is 7.14. The van der Waals surface area contributed by atoms with E-state index in [1.807, 2.05) is 30.1 Å². The lowest BCUT2D eigenvalue weighted by Crippen LogP contribution is -2.28. The summed E-state index contributed by atoms with van der Waals surface area (Å²) in [6.07, 6.45) is 6.09. The number of fused-ring (bicyclic) bond motifs is 1. The molecule has 0 saturated heterocycles. The number of aryl methyl sites for hydroxylation is 1. The number of carbonyl (C=O) groups is 1. The maximum Gasteiger partial charge on any atom is 0.263 e. The number of carbonyl (C=O) groups excluding carboxylic acids is 1. The molecule has 22 heavy (non-hydrogen) atoms. The third-order valence-corrected chi connectivity index (χ3v) is 5.54. The van der Waals surface area contributed by atoms with Gasteiger partial charge in [0.2, 0.25) is 0 Å². The third kappa shape index (κ3) is 3.38. The predicted molar refractivity (Wildman–Crippen MR) is 90.4 cm³/mol. The van der Waals surface area contributed by atoms with Crippen LogP contribution in [0, 0.1) is 5.92 Å². The number of likely N-dealkylation sites (N-methyl/N-ethyl adjacent to an activating group) is 1. The molecule has 3 nitrogen and oxygen atoms in total. The van der Waals surface area contributed by atoms with E-state index in [2.05, 4.69) is 18.0 Å². The monoisotopic (exact) mass is 314 g/mol. The SMILES string of the molecule is CC1CCc2sc(C(=O)N(C)CCc3ccccn3)cc2C1. The first-order valence-corrected chi connectivity index (χ1v) is 8.72. The van der Waals surface area contributed by atoms with Crippen LogP contribution in [0.25, 0.3) is 0 Å². The van der Waals surface area contributed by atoms with Gasteiger partial charge in [0, 0.05) is 36.8 Å². The van der Waals surface area contributed by atoms with Crippen molar-refractivity contribution in [1.29, 1.82) is 0 Å². The highest BCUT2D eigenvalue weighted by Gasteiger charge is 2.22. The fourth-order valence-corrected chi connectivity index (χ4v) is 4.13. The van der Waals surface area contributed by atoms with Crippen LogP contribution in [0.5, 0.6) is 0 Å². The van der Waals surface area contributed by atoms with E-state index in [0.29, 0.717) is 6.54 Å². The molecule has 0 radical (unpaired) electrons. The first kappa shape index (κ1) is 15.2. The molecule has 0 saturated carbocycles. The minimum Gasteiger partial charge on any atom is -0.341 e. The van der Waals surface area contributed by atoms with Crippen LogP contribution in [-0.4, -0.2) is 29.4 Å². The molecule has 2 aromatic heterocycles. The summed E-state index contributed by atoms with van der Waals surface area (Å²) in [5, 5.41) is 0. The second-order valence-electron chi connectivity index (χ2n) is 6.20. The predicted octanol–water partition coefficient (Wildman–Crippen LogP) is 3.58. The average molecular weight is 314 g/mol. The van der Waals surface area contributed by atoms with Crippen molar-refractivity contribution in [2.45, 2.75) is 32.6 Å². The summed E-state index contributed by atoms with van der Waals surface area (Å²) in [7, 11) is 1.88. The largest absolute Gasteiger partial charge is 0.341 e. The number of pyridine rings is 1. The van der Waals surface area contributed by atoms with Gasteiger partial charge in [-0.1, -0.05) is 13.0 Å². The fraction of sp³-hybridized carbons (Fsp3) is 0.444. The van der Waals surface area contributed by atoms with E-state index >= 15 is 0 Å². The number of rotatable bonds is 4. The standard InChI is InChI=1S/C18H22N2OS/c1-13-6-7-16-14(11-13)12-17(22-16)18(21)20(2)10-8-15-5-3-4-9-19-15/h3-5,9,12-13H,6-8,10-11H2,1-2H3. The number of aromatic nitrogens is 1. The normalized spacial score (nSPS) is 17.1. The van der Waals surface area contributed by atoms with Crippen molar-refractivity contribution >= 4 is 17.2 Å². The molecular formula is C18H22N2OS. The van der Waals surface area contributed by atoms with Gasteiger partial charge in [-0.15, -0.1) is 11.3 Å². The van der Waals surface area contributed by atoms with Gasteiger partial charge >= 0.3 is 0 Å². The van der Waals surface area contributed by atoms with E-state index in [1.54, 1.807) is 17.5 Å². The molecule has 2 heterocycles. The summed E-state index contributed by atoms with van der Waals surface area (Å²) in [4.78, 5) is 21.0. The van der Waals surface area contributed by atoms with Crippen molar-refractivity contribution in [2.75, 3.05) is 13.6 Å². The first-order chi connectivity index (χ1) is 10.6. The molecule has 1 aliphatic carbocycles. The molecule has 0 spiro atoms. The van der Waals surface area contributed by atoms with Gasteiger partial charge in [0.25, 0.3) is 5.91 Å². The van der Waals surface area contributed by atoms with Crippen LogP contribution >= 0.6 is 11.3 Å². The average Bonchev–Trinajstić information content (AvgIpc) is 2.95. The van der Waals surface area contributed by atoms with E-state index in [-0.39, 0.29) is 5.91 Å². The van der Waals surface area contributed by atoms with Crippen molar-refractivity contribution < 1.29 is 4.79 Å². The Morgan fingerprint density at radius 3 is 3.09 bits per heavy atom. The number of hydrogen-bond acceptors (Lipinski definition) is 3. The number of amides is 1. The summed E-state index contributed by atoms with van der Waals surface area (Å²) < 4.78 is 0. The van der Waals surface area contributed by atoms with Crippen LogP contribution in [0.4, 0.5) is 0 Å². The van der Waals surface area contributed by atoms with Gasteiger partial charge in [0.1, 0.15) is 0 Å². The second-order valence-corrected chi connectivity index (χ2v) is 7.34. The Balaban J connectivity index is 1.63. The van der Waals surface area contributed by atoms with Gasteiger partial charge in [-0.3, -0.25) is 9.78 Å². The Hall–Kier alpha value is -1.68. The third-order valence-electron chi connectivity index (χ3n) is 4.32. The summed E-state index contributed by atoms with van der Waals surface area (Å²) in [6, 6.07) is 8.02. The Morgan fingerprint density at radius 1 is 1.45 bits per heavy atom. The molecule has 2 aromatic rings. The molecule has 0 aliphatic heterocycles. The van der Waals surface area contributed by atoms with Gasteiger partial charge < -0.3 is 4.90 Å². The zero-order chi connectivity index (χ0) is 15.5. The molecule has 1 amide bonds. The molecule has 1 unspecified atom stereocenters. The molecule has 4 heteroatoms. The fourth-order valence-electron chi connectivity index (χ4n) is 2.93. The summed E-state index contributed by atoms with van der Waals surface area (Å²) in [5.41, 5.74) is 2.42. The lowest BCUT2D eigenvalue weighted by atomic mass is 9.90. The lowest BCUT2D eigenvalue weighted by molar-refractivity contribution is 0.0801. The highest BCUT2D eigenvalue weighted by Crippen LogP contribution is 2.32. The minimum atomic E-state index is 0.142. The smallest absolute Gasteiger partial charge is 0.263 e. The minimum absolute atomic E-state index is 0.142. The van der Waals surface area contributed by atoms with Crippen molar-refractivity contribution in [3.63, 3.8) is 0 Å². The summed E-state index contributed by atoms with van der Waals surface area (Å²) in [5.74, 6) is 0.884. The zero-order valence-corrected chi connectivity index (χ0v) is 14.0. The molecule has 1 aliphatic rings. The van der Waals surface area contributed by atoms with Gasteiger partial charge in [-0.25, -0.2) is 0 Å². The van der Waals surface area contributed by atoms with E-state index in [9.17, 15) is 4.79 Å². The Labute approximate surface area is 136 Å². The van der Waals surface area contributed by atoms with E-state index in [1.165, 1.54) is 16.9 Å². The number of nitrogens with zero attached hydrogens (tertiary/aromatic N) is 2. The van der Waals surface area contributed by atoms with Crippen molar-refractivity contribution in [1.82, 2.24) is 9.88 Å². The van der Waals surface area contributed by atoms with Crippen molar-refractivity contribution in [3.05, 3.63) is 51.5 Å². The van der Waals surface area contributed by atoms with Crippen LogP contribution in [0.2, 0.25) is 0 Å². The lowest BCUT2D eigenvalue weighted by Gasteiger charge is -2.16. The molecule has 3 rings (SSSR count). The second kappa shape index (κ2) is 6.61. The number of hydrogen-bond donors (Lipinski definition) is 0. The number of thiophene rings is 1. The molecule has 0 N–H and O–H groups in total. The molecular weight excluding hydrogens is 292 g/mol. The molecule has 1 atom stereocenters. The Kier molecular flexibility index (Phi) is 4.57. The van der Waals surface area contributed by atoms with Gasteiger partial charge in [-0.2, -0.15) is 0 Å². The first-order valence-electron chi connectivity index (χ1n) is 7.90. The summed E-state index contributed by atoms with van der Waals surface area (Å²) in [6.45, 7) is 3.00. The maximum absolute atomic E-state index is 12.6. The van der Waals surface area contributed by atoms with E-state index in [4.69, 9.17) is 0 Å². The molecule has 116 valence electrons. The zero-order valence-electron chi connectivity index (χ0n) is 13.2. The molecule has 0 bridgehead atoms. The van der Waals surface area contributed by atoms with Crippen molar-refractivity contribution in [3.8, 4) is 0 Å². The Bertz CT molecular complexity index is 650. The van der Waals surface area contributed by atoms with Crippen LogP contribution in [-0.2, 0) is 19.3 Å². The van der Waals surface area contributed by atoms with Crippen LogP contribution < -0.4 is 0 Å². The highest BCUT2D eigenvalue weighted by atomic mass is 32.1. The van der Waals surface area contributed by atoms with Gasteiger partial charge in [0.05, 0.1) is 4.88 Å². The quantitative estimate of drug-likeness (QED) is 0.864. The van der Waals surface area contributed by atoms with Gasteiger partial charge in [0.15, 0.2) is 0 Å². The summed E-state index contributed by atoms with van der Waals surface area (Å²) >= 11 is 1.69.